The number of para-hydroxylation sites is 1. The topological polar surface area (TPSA) is 81.4 Å². The van der Waals surface area contributed by atoms with Crippen molar-refractivity contribution in [2.24, 2.45) is 5.73 Å². The Labute approximate surface area is 139 Å². The van der Waals surface area contributed by atoms with E-state index in [0.717, 1.165) is 10.8 Å². The fourth-order valence-electron chi connectivity index (χ4n) is 2.56. The molecule has 3 aromatic carbocycles. The van der Waals surface area contributed by atoms with E-state index in [4.69, 9.17) is 10.5 Å². The summed E-state index contributed by atoms with van der Waals surface area (Å²) >= 11 is 0. The maximum Gasteiger partial charge on any atom is 0.259 e. The molecule has 5 heteroatoms. The van der Waals surface area contributed by atoms with Crippen LogP contribution in [0.5, 0.6) is 5.75 Å². The molecule has 0 fully saturated rings. The van der Waals surface area contributed by atoms with Gasteiger partial charge in [0.1, 0.15) is 5.75 Å². The van der Waals surface area contributed by atoms with Gasteiger partial charge >= 0.3 is 0 Å². The number of carbonyl (C=O) groups is 2. The maximum absolute atomic E-state index is 12.7. The Hall–Kier alpha value is -3.34. The standard InChI is InChI=1S/C19H16N2O3/c1-24-17-11-13-7-3-2-6-12(13)10-15(17)19(23)21-16-9-5-4-8-14(16)18(20)22/h2-11H,1H3,(H2,20,22)(H,21,23). The molecule has 0 bridgehead atoms. The normalized spacial score (nSPS) is 10.4. The summed E-state index contributed by atoms with van der Waals surface area (Å²) in [5, 5.41) is 4.63. The second-order valence-electron chi connectivity index (χ2n) is 5.26. The summed E-state index contributed by atoms with van der Waals surface area (Å²) in [6.45, 7) is 0. The van der Waals surface area contributed by atoms with Crippen LogP contribution in [0.25, 0.3) is 10.8 Å². The van der Waals surface area contributed by atoms with Crippen molar-refractivity contribution in [2.45, 2.75) is 0 Å². The molecule has 0 unspecified atom stereocenters. The van der Waals surface area contributed by atoms with Gasteiger partial charge in [0.2, 0.25) is 0 Å². The van der Waals surface area contributed by atoms with Gasteiger partial charge in [0.05, 0.1) is 23.9 Å². The van der Waals surface area contributed by atoms with Crippen molar-refractivity contribution in [3.8, 4) is 5.75 Å². The number of amides is 2. The number of hydrogen-bond acceptors (Lipinski definition) is 3. The first-order valence-electron chi connectivity index (χ1n) is 7.37. The van der Waals surface area contributed by atoms with Crippen molar-refractivity contribution in [3.05, 3.63) is 71.8 Å². The van der Waals surface area contributed by atoms with Crippen molar-refractivity contribution in [1.82, 2.24) is 0 Å². The molecule has 3 rings (SSSR count). The number of ether oxygens (including phenoxy) is 1. The highest BCUT2D eigenvalue weighted by atomic mass is 16.5. The summed E-state index contributed by atoms with van der Waals surface area (Å²) in [6, 6.07) is 17.9. The van der Waals surface area contributed by atoms with Crippen molar-refractivity contribution in [2.75, 3.05) is 12.4 Å². The zero-order chi connectivity index (χ0) is 17.1. The third-order valence-electron chi connectivity index (χ3n) is 3.75. The second kappa shape index (κ2) is 6.42. The van der Waals surface area contributed by atoms with Crippen LogP contribution in [0.3, 0.4) is 0 Å². The number of rotatable bonds is 4. The van der Waals surface area contributed by atoms with Gasteiger partial charge in [0.15, 0.2) is 0 Å². The molecule has 0 aliphatic rings. The molecule has 120 valence electrons. The smallest absolute Gasteiger partial charge is 0.259 e. The van der Waals surface area contributed by atoms with E-state index in [0.29, 0.717) is 17.0 Å². The molecule has 0 radical (unpaired) electrons. The van der Waals surface area contributed by atoms with Gasteiger partial charge in [-0.2, -0.15) is 0 Å². The molecule has 3 aromatic rings. The molecule has 5 nitrogen and oxygen atoms in total. The minimum Gasteiger partial charge on any atom is -0.496 e. The number of nitrogens with two attached hydrogens (primary N) is 1. The molecule has 0 aromatic heterocycles. The number of fused-ring (bicyclic) bond motifs is 1. The molecule has 0 saturated carbocycles. The Morgan fingerprint density at radius 1 is 0.917 bits per heavy atom. The zero-order valence-electron chi connectivity index (χ0n) is 13.1. The molecule has 2 amide bonds. The van der Waals surface area contributed by atoms with E-state index in [-0.39, 0.29) is 11.5 Å². The third kappa shape index (κ3) is 2.92. The SMILES string of the molecule is COc1cc2ccccc2cc1C(=O)Nc1ccccc1C(N)=O. The van der Waals surface area contributed by atoms with Crippen LogP contribution in [0.2, 0.25) is 0 Å². The Kier molecular flexibility index (Phi) is 4.16. The second-order valence-corrected chi connectivity index (χ2v) is 5.26. The van der Waals surface area contributed by atoms with E-state index < -0.39 is 5.91 Å². The number of primary amides is 1. The van der Waals surface area contributed by atoms with Crippen molar-refractivity contribution in [3.63, 3.8) is 0 Å². The lowest BCUT2D eigenvalue weighted by Crippen LogP contribution is -2.18. The van der Waals surface area contributed by atoms with Crippen molar-refractivity contribution in [1.29, 1.82) is 0 Å². The van der Waals surface area contributed by atoms with E-state index in [1.54, 1.807) is 30.3 Å². The van der Waals surface area contributed by atoms with Crippen LogP contribution in [-0.2, 0) is 0 Å². The predicted molar refractivity (Wildman–Crippen MR) is 93.4 cm³/mol. The molecular weight excluding hydrogens is 304 g/mol. The Morgan fingerprint density at radius 2 is 1.54 bits per heavy atom. The number of benzene rings is 3. The van der Waals surface area contributed by atoms with Crippen LogP contribution in [0, 0.1) is 0 Å². The third-order valence-corrected chi connectivity index (χ3v) is 3.75. The first-order chi connectivity index (χ1) is 11.6. The van der Waals surface area contributed by atoms with Gasteiger partial charge in [-0.15, -0.1) is 0 Å². The minimum absolute atomic E-state index is 0.255. The van der Waals surface area contributed by atoms with E-state index in [1.807, 2.05) is 30.3 Å². The van der Waals surface area contributed by atoms with E-state index in [2.05, 4.69) is 5.32 Å². The van der Waals surface area contributed by atoms with Crippen LogP contribution in [0.15, 0.2) is 60.7 Å². The molecule has 24 heavy (non-hydrogen) atoms. The molecule has 0 heterocycles. The Bertz CT molecular complexity index is 935. The Morgan fingerprint density at radius 3 is 2.21 bits per heavy atom. The zero-order valence-corrected chi connectivity index (χ0v) is 13.1. The van der Waals surface area contributed by atoms with E-state index in [1.165, 1.54) is 7.11 Å². The fraction of sp³-hybridized carbons (Fsp3) is 0.0526. The highest BCUT2D eigenvalue weighted by molar-refractivity contribution is 6.11. The number of nitrogens with one attached hydrogen (secondary N) is 1. The lowest BCUT2D eigenvalue weighted by atomic mass is 10.0. The molecule has 0 saturated heterocycles. The number of hydrogen-bond donors (Lipinski definition) is 2. The summed E-state index contributed by atoms with van der Waals surface area (Å²) in [4.78, 5) is 24.2. The van der Waals surface area contributed by atoms with E-state index >= 15 is 0 Å². The summed E-state index contributed by atoms with van der Waals surface area (Å²) in [6.07, 6.45) is 0. The lowest BCUT2D eigenvalue weighted by Gasteiger charge is -2.12. The van der Waals surface area contributed by atoms with Gasteiger partial charge in [-0.1, -0.05) is 36.4 Å². The van der Waals surface area contributed by atoms with Crippen molar-refractivity contribution >= 4 is 28.3 Å². The van der Waals surface area contributed by atoms with Gasteiger partial charge in [-0.3, -0.25) is 9.59 Å². The molecule has 0 spiro atoms. The fourth-order valence-corrected chi connectivity index (χ4v) is 2.56. The average molecular weight is 320 g/mol. The van der Waals surface area contributed by atoms with E-state index in [9.17, 15) is 9.59 Å². The van der Waals surface area contributed by atoms with Gasteiger partial charge in [-0.25, -0.2) is 0 Å². The number of methoxy groups -OCH3 is 1. The number of carbonyl (C=O) groups excluding carboxylic acids is 2. The van der Waals surface area contributed by atoms with Gasteiger partial charge in [0.25, 0.3) is 11.8 Å². The van der Waals surface area contributed by atoms with Crippen molar-refractivity contribution < 1.29 is 14.3 Å². The number of anilines is 1. The molecule has 3 N–H and O–H groups in total. The minimum atomic E-state index is -0.601. The monoisotopic (exact) mass is 320 g/mol. The summed E-state index contributed by atoms with van der Waals surface area (Å²) in [5.41, 5.74) is 6.35. The van der Waals surface area contributed by atoms with Gasteiger partial charge in [0, 0.05) is 0 Å². The summed E-state index contributed by atoms with van der Waals surface area (Å²) in [5.74, 6) is -0.509. The molecule has 0 atom stereocenters. The predicted octanol–water partition coefficient (Wildman–Crippen LogP) is 3.20. The van der Waals surface area contributed by atoms with Crippen LogP contribution >= 0.6 is 0 Å². The van der Waals surface area contributed by atoms with Crippen LogP contribution < -0.4 is 15.8 Å². The van der Waals surface area contributed by atoms with Gasteiger partial charge in [-0.05, 0) is 35.0 Å². The van der Waals surface area contributed by atoms with Gasteiger partial charge < -0.3 is 15.8 Å². The highest BCUT2D eigenvalue weighted by Gasteiger charge is 2.16. The molecule has 0 aliphatic carbocycles. The molecular formula is C19H16N2O3. The van der Waals surface area contributed by atoms with Crippen LogP contribution in [0.1, 0.15) is 20.7 Å². The Balaban J connectivity index is 2.01. The maximum atomic E-state index is 12.7. The first-order valence-corrected chi connectivity index (χ1v) is 7.37. The first kappa shape index (κ1) is 15.6. The van der Waals surface area contributed by atoms with Crippen LogP contribution in [0.4, 0.5) is 5.69 Å². The summed E-state index contributed by atoms with van der Waals surface area (Å²) in [7, 11) is 1.51. The lowest BCUT2D eigenvalue weighted by molar-refractivity contribution is 0.100. The highest BCUT2D eigenvalue weighted by Crippen LogP contribution is 2.27. The largest absolute Gasteiger partial charge is 0.496 e. The molecule has 0 aliphatic heterocycles. The van der Waals surface area contributed by atoms with Crippen LogP contribution in [-0.4, -0.2) is 18.9 Å². The quantitative estimate of drug-likeness (QED) is 0.774. The average Bonchev–Trinajstić information content (AvgIpc) is 2.60. The summed E-state index contributed by atoms with van der Waals surface area (Å²) < 4.78 is 5.34.